The predicted molar refractivity (Wildman–Crippen MR) is 73.5 cm³/mol. The van der Waals surface area contributed by atoms with Gasteiger partial charge in [-0.05, 0) is 23.6 Å². The molecule has 0 radical (unpaired) electrons. The first-order valence-electron chi connectivity index (χ1n) is 5.30. The number of hydrogen-bond donors (Lipinski definition) is 0. The van der Waals surface area contributed by atoms with Gasteiger partial charge in [-0.1, -0.05) is 34.1 Å². The van der Waals surface area contributed by atoms with E-state index in [-0.39, 0.29) is 0 Å². The molecule has 0 fully saturated rings. The first kappa shape index (κ1) is 10.5. The van der Waals surface area contributed by atoms with Crippen LogP contribution in [0.4, 0.5) is 0 Å². The zero-order valence-corrected chi connectivity index (χ0v) is 10.9. The summed E-state index contributed by atoms with van der Waals surface area (Å²) < 4.78 is 6.39. The molecular formula is C14H10BrNO. The van der Waals surface area contributed by atoms with Gasteiger partial charge in [0.15, 0.2) is 0 Å². The molecule has 0 spiro atoms. The molecule has 0 amide bonds. The number of benzene rings is 2. The van der Waals surface area contributed by atoms with E-state index in [4.69, 9.17) is 4.74 Å². The van der Waals surface area contributed by atoms with Crippen LogP contribution < -0.4 is 4.74 Å². The number of hydrogen-bond acceptors (Lipinski definition) is 2. The lowest BCUT2D eigenvalue weighted by atomic mass is 10.1. The third-order valence-electron chi connectivity index (χ3n) is 2.87. The van der Waals surface area contributed by atoms with E-state index < -0.39 is 0 Å². The highest BCUT2D eigenvalue weighted by molar-refractivity contribution is 9.10. The van der Waals surface area contributed by atoms with Gasteiger partial charge in [-0.15, -0.1) is 0 Å². The molecule has 17 heavy (non-hydrogen) atoms. The fourth-order valence-corrected chi connectivity index (χ4v) is 2.41. The van der Waals surface area contributed by atoms with Crippen LogP contribution >= 0.6 is 15.9 Å². The molecule has 0 aliphatic rings. The standard InChI is InChI=1S/C14H10BrNO/c1-17-14-4-2-3-10-11-6-5-9(15)7-13(11)16-8-12(10)14/h2-8H,1H3. The fraction of sp³-hybridized carbons (Fsp3) is 0.0714. The van der Waals surface area contributed by atoms with Crippen molar-refractivity contribution in [1.82, 2.24) is 4.98 Å². The van der Waals surface area contributed by atoms with Gasteiger partial charge in [0.1, 0.15) is 5.75 Å². The van der Waals surface area contributed by atoms with Crippen molar-refractivity contribution in [3.05, 3.63) is 47.1 Å². The van der Waals surface area contributed by atoms with E-state index >= 15 is 0 Å². The maximum Gasteiger partial charge on any atom is 0.128 e. The second-order valence-electron chi connectivity index (χ2n) is 3.84. The highest BCUT2D eigenvalue weighted by Crippen LogP contribution is 2.30. The molecule has 84 valence electrons. The summed E-state index contributed by atoms with van der Waals surface area (Å²) in [4.78, 5) is 4.47. The van der Waals surface area contributed by atoms with E-state index in [1.165, 1.54) is 5.39 Å². The zero-order chi connectivity index (χ0) is 11.8. The van der Waals surface area contributed by atoms with Crippen molar-refractivity contribution in [3.63, 3.8) is 0 Å². The van der Waals surface area contributed by atoms with Gasteiger partial charge in [0, 0.05) is 21.4 Å². The summed E-state index contributed by atoms with van der Waals surface area (Å²) in [6, 6.07) is 12.2. The number of fused-ring (bicyclic) bond motifs is 3. The summed E-state index contributed by atoms with van der Waals surface area (Å²) in [5, 5.41) is 3.36. The maximum atomic E-state index is 5.35. The zero-order valence-electron chi connectivity index (χ0n) is 9.27. The van der Waals surface area contributed by atoms with E-state index in [1.807, 2.05) is 30.5 Å². The van der Waals surface area contributed by atoms with Crippen LogP contribution in [0.3, 0.4) is 0 Å². The Balaban J connectivity index is 2.48. The first-order chi connectivity index (χ1) is 8.29. The van der Waals surface area contributed by atoms with E-state index in [1.54, 1.807) is 7.11 Å². The highest BCUT2D eigenvalue weighted by atomic mass is 79.9. The van der Waals surface area contributed by atoms with E-state index in [9.17, 15) is 0 Å². The number of rotatable bonds is 1. The average molecular weight is 288 g/mol. The minimum atomic E-state index is 0.861. The largest absolute Gasteiger partial charge is 0.496 e. The van der Waals surface area contributed by atoms with Crippen molar-refractivity contribution in [2.24, 2.45) is 0 Å². The molecule has 0 saturated carbocycles. The van der Waals surface area contributed by atoms with Gasteiger partial charge in [0.05, 0.1) is 12.6 Å². The summed E-state index contributed by atoms with van der Waals surface area (Å²) in [6.45, 7) is 0. The lowest BCUT2D eigenvalue weighted by molar-refractivity contribution is 0.420. The molecule has 2 aromatic carbocycles. The Labute approximate surface area is 107 Å². The van der Waals surface area contributed by atoms with Crippen LogP contribution in [-0.4, -0.2) is 12.1 Å². The summed E-state index contributed by atoms with van der Waals surface area (Å²) in [5.74, 6) is 0.861. The summed E-state index contributed by atoms with van der Waals surface area (Å²) in [6.07, 6.45) is 1.86. The predicted octanol–water partition coefficient (Wildman–Crippen LogP) is 4.16. The van der Waals surface area contributed by atoms with Gasteiger partial charge >= 0.3 is 0 Å². The summed E-state index contributed by atoms with van der Waals surface area (Å²) >= 11 is 3.46. The third-order valence-corrected chi connectivity index (χ3v) is 3.36. The Bertz CT molecular complexity index is 709. The molecule has 1 heterocycles. The molecule has 0 unspecified atom stereocenters. The van der Waals surface area contributed by atoms with Gasteiger partial charge in [0.25, 0.3) is 0 Å². The molecule has 3 heteroatoms. The number of nitrogens with zero attached hydrogens (tertiary/aromatic N) is 1. The third kappa shape index (κ3) is 1.67. The minimum Gasteiger partial charge on any atom is -0.496 e. The van der Waals surface area contributed by atoms with Crippen molar-refractivity contribution >= 4 is 37.6 Å². The van der Waals surface area contributed by atoms with E-state index in [0.29, 0.717) is 0 Å². The van der Waals surface area contributed by atoms with Crippen LogP contribution in [0.25, 0.3) is 21.7 Å². The number of ether oxygens (including phenoxy) is 1. The van der Waals surface area contributed by atoms with Gasteiger partial charge in [-0.25, -0.2) is 0 Å². The molecule has 1 aromatic heterocycles. The van der Waals surface area contributed by atoms with Crippen LogP contribution in [0.5, 0.6) is 5.75 Å². The SMILES string of the molecule is COc1cccc2c1cnc1cc(Br)ccc12. The number of methoxy groups -OCH3 is 1. The fourth-order valence-electron chi connectivity index (χ4n) is 2.06. The Morgan fingerprint density at radius 3 is 2.76 bits per heavy atom. The number of pyridine rings is 1. The molecule has 0 aliphatic carbocycles. The minimum absolute atomic E-state index is 0.861. The van der Waals surface area contributed by atoms with Crippen LogP contribution in [-0.2, 0) is 0 Å². The molecule has 0 N–H and O–H groups in total. The monoisotopic (exact) mass is 287 g/mol. The van der Waals surface area contributed by atoms with Crippen molar-refractivity contribution < 1.29 is 4.74 Å². The second-order valence-corrected chi connectivity index (χ2v) is 4.76. The Morgan fingerprint density at radius 1 is 1.06 bits per heavy atom. The Hall–Kier alpha value is -1.61. The summed E-state index contributed by atoms with van der Waals surface area (Å²) in [7, 11) is 1.68. The van der Waals surface area contributed by atoms with Crippen molar-refractivity contribution in [1.29, 1.82) is 0 Å². The first-order valence-corrected chi connectivity index (χ1v) is 6.10. The molecular weight excluding hydrogens is 278 g/mol. The number of aromatic nitrogens is 1. The smallest absolute Gasteiger partial charge is 0.128 e. The molecule has 0 aliphatic heterocycles. The van der Waals surface area contributed by atoms with E-state index in [2.05, 4.69) is 33.0 Å². The van der Waals surface area contributed by atoms with Crippen LogP contribution in [0.15, 0.2) is 47.1 Å². The Kier molecular flexibility index (Phi) is 2.48. The van der Waals surface area contributed by atoms with Crippen LogP contribution in [0.2, 0.25) is 0 Å². The summed E-state index contributed by atoms with van der Waals surface area (Å²) in [5.41, 5.74) is 0.986. The average Bonchev–Trinajstić information content (AvgIpc) is 2.37. The lowest BCUT2D eigenvalue weighted by Crippen LogP contribution is -1.87. The molecule has 0 bridgehead atoms. The van der Waals surface area contributed by atoms with Gasteiger partial charge in [-0.2, -0.15) is 0 Å². The molecule has 3 aromatic rings. The van der Waals surface area contributed by atoms with Crippen LogP contribution in [0.1, 0.15) is 0 Å². The number of halogens is 1. The van der Waals surface area contributed by atoms with Crippen molar-refractivity contribution in [3.8, 4) is 5.75 Å². The second kappa shape index (κ2) is 4.00. The van der Waals surface area contributed by atoms with Crippen molar-refractivity contribution in [2.45, 2.75) is 0 Å². The molecule has 3 rings (SSSR count). The van der Waals surface area contributed by atoms with Crippen molar-refractivity contribution in [2.75, 3.05) is 7.11 Å². The quantitative estimate of drug-likeness (QED) is 0.627. The van der Waals surface area contributed by atoms with Crippen LogP contribution in [0, 0.1) is 0 Å². The Morgan fingerprint density at radius 2 is 1.94 bits per heavy atom. The topological polar surface area (TPSA) is 22.1 Å². The van der Waals surface area contributed by atoms with Gasteiger partial charge < -0.3 is 4.74 Å². The molecule has 0 saturated heterocycles. The molecule has 0 atom stereocenters. The lowest BCUT2D eigenvalue weighted by Gasteiger charge is -2.07. The normalized spacial score (nSPS) is 10.9. The van der Waals surface area contributed by atoms with Gasteiger partial charge in [-0.3, -0.25) is 4.98 Å². The maximum absolute atomic E-state index is 5.35. The molecule has 2 nitrogen and oxygen atoms in total. The highest BCUT2D eigenvalue weighted by Gasteiger charge is 2.05. The van der Waals surface area contributed by atoms with E-state index in [0.717, 1.165) is 26.5 Å². The van der Waals surface area contributed by atoms with Gasteiger partial charge in [0.2, 0.25) is 0 Å².